The van der Waals surface area contributed by atoms with Crippen molar-refractivity contribution in [1.82, 2.24) is 20.5 Å². The summed E-state index contributed by atoms with van der Waals surface area (Å²) in [5.41, 5.74) is 1.47. The summed E-state index contributed by atoms with van der Waals surface area (Å²) in [6, 6.07) is 0. The number of aryl methyl sites for hydroxylation is 1. The van der Waals surface area contributed by atoms with E-state index in [9.17, 15) is 9.36 Å². The Morgan fingerprint density at radius 2 is 2.10 bits per heavy atom. The lowest BCUT2D eigenvalue weighted by atomic mass is 10.4. The van der Waals surface area contributed by atoms with Gasteiger partial charge in [0.1, 0.15) is 0 Å². The molecule has 0 aromatic carbocycles. The van der Waals surface area contributed by atoms with Crippen LogP contribution in [0.25, 0.3) is 0 Å². The number of nitrogens with zero attached hydrogens (tertiary/aromatic N) is 3. The lowest BCUT2D eigenvalue weighted by Crippen LogP contribution is -2.18. The molecule has 0 radical (unpaired) electrons. The van der Waals surface area contributed by atoms with Crippen LogP contribution in [0.5, 0.6) is 0 Å². The normalized spacial score (nSPS) is 11.6. The van der Waals surface area contributed by atoms with Crippen molar-refractivity contribution in [3.05, 3.63) is 11.9 Å². The monoisotopic (exact) mass is 306 g/mol. The maximum absolute atomic E-state index is 12.2. The standard InChI is InChI=1S/C10H19N4O5P/c1-3-18-20(17,19-4-2)7-5-6-14-8-9(11-13-14)10(15)12-16/h8,16H,3-7H2,1-2H3,(H,12,15). The molecule has 0 atom stereocenters. The molecule has 1 amide bonds. The Kier molecular flexibility index (Phi) is 6.80. The summed E-state index contributed by atoms with van der Waals surface area (Å²) >= 11 is 0. The van der Waals surface area contributed by atoms with E-state index in [-0.39, 0.29) is 11.9 Å². The van der Waals surface area contributed by atoms with E-state index >= 15 is 0 Å². The lowest BCUT2D eigenvalue weighted by Gasteiger charge is -2.16. The minimum absolute atomic E-state index is 0.00491. The van der Waals surface area contributed by atoms with Crippen molar-refractivity contribution >= 4 is 13.5 Å². The summed E-state index contributed by atoms with van der Waals surface area (Å²) in [7, 11) is -3.06. The quantitative estimate of drug-likeness (QED) is 0.398. The Balaban J connectivity index is 2.48. The fourth-order valence-electron chi connectivity index (χ4n) is 1.56. The topological polar surface area (TPSA) is 116 Å². The van der Waals surface area contributed by atoms with Crippen molar-refractivity contribution in [2.24, 2.45) is 0 Å². The zero-order chi connectivity index (χ0) is 15.0. The zero-order valence-corrected chi connectivity index (χ0v) is 12.4. The van der Waals surface area contributed by atoms with Crippen LogP contribution < -0.4 is 5.48 Å². The highest BCUT2D eigenvalue weighted by molar-refractivity contribution is 7.53. The molecule has 0 unspecified atom stereocenters. The number of amides is 1. The molecule has 0 bridgehead atoms. The van der Waals surface area contributed by atoms with Crippen LogP contribution in [-0.2, 0) is 20.2 Å². The average molecular weight is 306 g/mol. The third kappa shape index (κ3) is 5.01. The van der Waals surface area contributed by atoms with Crippen molar-refractivity contribution in [3.63, 3.8) is 0 Å². The molecule has 20 heavy (non-hydrogen) atoms. The third-order valence-electron chi connectivity index (χ3n) is 2.34. The van der Waals surface area contributed by atoms with Crippen molar-refractivity contribution in [2.75, 3.05) is 19.4 Å². The van der Waals surface area contributed by atoms with Crippen LogP contribution in [0.4, 0.5) is 0 Å². The largest absolute Gasteiger partial charge is 0.330 e. The summed E-state index contributed by atoms with van der Waals surface area (Å²) in [6.45, 7) is 4.56. The molecule has 0 aliphatic heterocycles. The van der Waals surface area contributed by atoms with Crippen LogP contribution in [0.3, 0.4) is 0 Å². The maximum Gasteiger partial charge on any atom is 0.330 e. The number of hydrogen-bond acceptors (Lipinski definition) is 7. The van der Waals surface area contributed by atoms with E-state index in [4.69, 9.17) is 14.3 Å². The minimum Gasteiger partial charge on any atom is -0.309 e. The second-order valence-corrected chi connectivity index (χ2v) is 6.02. The van der Waals surface area contributed by atoms with Gasteiger partial charge >= 0.3 is 7.60 Å². The zero-order valence-electron chi connectivity index (χ0n) is 11.5. The predicted molar refractivity (Wildman–Crippen MR) is 69.6 cm³/mol. The molecule has 2 N–H and O–H groups in total. The van der Waals surface area contributed by atoms with Crippen molar-refractivity contribution in [1.29, 1.82) is 0 Å². The number of nitrogens with one attached hydrogen (secondary N) is 1. The summed E-state index contributed by atoms with van der Waals surface area (Å²) in [5.74, 6) is -0.731. The summed E-state index contributed by atoms with van der Waals surface area (Å²) in [4.78, 5) is 11.1. The first-order chi connectivity index (χ1) is 9.54. The maximum atomic E-state index is 12.2. The van der Waals surface area contributed by atoms with Gasteiger partial charge in [-0.05, 0) is 20.3 Å². The first-order valence-electron chi connectivity index (χ1n) is 6.27. The summed E-state index contributed by atoms with van der Waals surface area (Å²) < 4.78 is 23.9. The first-order valence-corrected chi connectivity index (χ1v) is 8.00. The van der Waals surface area contributed by atoms with E-state index < -0.39 is 13.5 Å². The average Bonchev–Trinajstić information content (AvgIpc) is 2.87. The molecule has 0 saturated heterocycles. The SMILES string of the molecule is CCOP(=O)(CCCn1cc(C(=O)NO)nn1)OCC. The van der Waals surface area contributed by atoms with E-state index in [2.05, 4.69) is 10.3 Å². The molecule has 0 saturated carbocycles. The van der Waals surface area contributed by atoms with Crippen LogP contribution in [0.15, 0.2) is 6.20 Å². The van der Waals surface area contributed by atoms with Crippen molar-refractivity contribution < 1.29 is 23.6 Å². The lowest BCUT2D eigenvalue weighted by molar-refractivity contribution is 0.0700. The molecule has 1 aromatic rings. The van der Waals surface area contributed by atoms with E-state index in [1.807, 2.05) is 0 Å². The van der Waals surface area contributed by atoms with Gasteiger partial charge in [0.25, 0.3) is 5.91 Å². The van der Waals surface area contributed by atoms with Gasteiger partial charge in [0, 0.05) is 6.54 Å². The van der Waals surface area contributed by atoms with Crippen LogP contribution in [-0.4, -0.2) is 45.5 Å². The van der Waals surface area contributed by atoms with Gasteiger partial charge in [-0.2, -0.15) is 0 Å². The predicted octanol–water partition coefficient (Wildman–Crippen LogP) is 1.05. The molecule has 9 nitrogen and oxygen atoms in total. The number of hydroxylamine groups is 1. The Bertz CT molecular complexity index is 468. The second kappa shape index (κ2) is 8.11. The van der Waals surface area contributed by atoms with Crippen molar-refractivity contribution in [2.45, 2.75) is 26.8 Å². The van der Waals surface area contributed by atoms with E-state index in [1.165, 1.54) is 16.4 Å². The number of rotatable bonds is 9. The molecule has 0 fully saturated rings. The third-order valence-corrected chi connectivity index (χ3v) is 4.51. The van der Waals surface area contributed by atoms with Gasteiger partial charge < -0.3 is 9.05 Å². The fraction of sp³-hybridized carbons (Fsp3) is 0.700. The van der Waals surface area contributed by atoms with Crippen LogP contribution >= 0.6 is 7.60 Å². The molecule has 0 aliphatic carbocycles. The Labute approximate surface area is 116 Å². The number of hydrogen-bond donors (Lipinski definition) is 2. The number of carbonyl (C=O) groups is 1. The molecule has 114 valence electrons. The molecule has 1 rings (SSSR count). The fourth-order valence-corrected chi connectivity index (χ4v) is 3.20. The van der Waals surface area contributed by atoms with Gasteiger partial charge in [-0.3, -0.25) is 19.2 Å². The van der Waals surface area contributed by atoms with Gasteiger partial charge in [0.05, 0.1) is 25.6 Å². The highest BCUT2D eigenvalue weighted by Gasteiger charge is 2.22. The van der Waals surface area contributed by atoms with Crippen LogP contribution in [0.1, 0.15) is 30.8 Å². The number of carbonyl (C=O) groups excluding carboxylic acids is 1. The van der Waals surface area contributed by atoms with Crippen molar-refractivity contribution in [3.8, 4) is 0 Å². The molecular formula is C10H19N4O5P. The summed E-state index contributed by atoms with van der Waals surface area (Å²) in [6.07, 6.45) is 2.15. The Morgan fingerprint density at radius 1 is 1.45 bits per heavy atom. The van der Waals surface area contributed by atoms with Gasteiger partial charge in [-0.1, -0.05) is 5.21 Å². The van der Waals surface area contributed by atoms with Gasteiger partial charge in [-0.25, -0.2) is 5.48 Å². The van der Waals surface area contributed by atoms with Crippen LogP contribution in [0.2, 0.25) is 0 Å². The Hall–Kier alpha value is -1.28. The minimum atomic E-state index is -3.06. The highest BCUT2D eigenvalue weighted by atomic mass is 31.2. The first kappa shape index (κ1) is 16.8. The Morgan fingerprint density at radius 3 is 2.65 bits per heavy atom. The number of aromatic nitrogens is 3. The summed E-state index contributed by atoms with van der Waals surface area (Å²) in [5, 5.41) is 15.8. The van der Waals surface area contributed by atoms with Crippen LogP contribution in [0, 0.1) is 0 Å². The molecule has 10 heteroatoms. The second-order valence-electron chi connectivity index (χ2n) is 3.83. The molecule has 0 spiro atoms. The van der Waals surface area contributed by atoms with E-state index in [0.29, 0.717) is 26.2 Å². The van der Waals surface area contributed by atoms with Gasteiger partial charge in [0.15, 0.2) is 5.69 Å². The highest BCUT2D eigenvalue weighted by Crippen LogP contribution is 2.48. The molecule has 1 heterocycles. The molecule has 0 aliphatic rings. The van der Waals surface area contributed by atoms with E-state index in [0.717, 1.165) is 0 Å². The molecular weight excluding hydrogens is 287 g/mol. The van der Waals surface area contributed by atoms with Gasteiger partial charge in [0.2, 0.25) is 0 Å². The van der Waals surface area contributed by atoms with Gasteiger partial charge in [-0.15, -0.1) is 5.10 Å². The molecule has 1 aromatic heterocycles. The smallest absolute Gasteiger partial charge is 0.309 e. The van der Waals surface area contributed by atoms with E-state index in [1.54, 1.807) is 13.8 Å².